The van der Waals surface area contributed by atoms with E-state index in [1.54, 1.807) is 25.1 Å². The number of aryl methyl sites for hydroxylation is 1. The average molecular weight is 415 g/mol. The van der Waals surface area contributed by atoms with Gasteiger partial charge in [0.25, 0.3) is 0 Å². The Hall–Kier alpha value is -2.87. The van der Waals surface area contributed by atoms with Gasteiger partial charge in [-0.25, -0.2) is 4.98 Å². The standard InChI is InChI=1S/C21H26N4O3S/c1-14(2)25(12-15-10-22-24(3)11-15)20(26)9-17-13-29-21(23-17)16-6-7-18(27-4)19(8-16)28-5/h6-8,10-11,13-14H,9,12H2,1-5H3. The first kappa shape index (κ1) is 20.9. The third-order valence-electron chi connectivity index (χ3n) is 4.57. The summed E-state index contributed by atoms with van der Waals surface area (Å²) >= 11 is 1.51. The molecule has 1 aromatic carbocycles. The highest BCUT2D eigenvalue weighted by atomic mass is 32.1. The molecule has 0 bridgehead atoms. The molecule has 154 valence electrons. The number of hydrogen-bond donors (Lipinski definition) is 0. The lowest BCUT2D eigenvalue weighted by molar-refractivity contribution is -0.132. The molecule has 3 aromatic rings. The Kier molecular flexibility index (Phi) is 6.53. The Morgan fingerprint density at radius 2 is 2.00 bits per heavy atom. The second-order valence-electron chi connectivity index (χ2n) is 7.03. The van der Waals surface area contributed by atoms with Crippen molar-refractivity contribution in [1.82, 2.24) is 19.7 Å². The highest BCUT2D eigenvalue weighted by molar-refractivity contribution is 7.13. The Morgan fingerprint density at radius 3 is 2.62 bits per heavy atom. The van der Waals surface area contributed by atoms with Crippen LogP contribution in [0.1, 0.15) is 25.1 Å². The van der Waals surface area contributed by atoms with Crippen LogP contribution in [0.3, 0.4) is 0 Å². The van der Waals surface area contributed by atoms with Crippen molar-refractivity contribution < 1.29 is 14.3 Å². The topological polar surface area (TPSA) is 69.5 Å². The number of benzene rings is 1. The fraction of sp³-hybridized carbons (Fsp3) is 0.381. The van der Waals surface area contributed by atoms with Crippen LogP contribution in [-0.2, 0) is 24.8 Å². The van der Waals surface area contributed by atoms with Crippen LogP contribution in [0.15, 0.2) is 36.0 Å². The molecule has 0 radical (unpaired) electrons. The first-order chi connectivity index (χ1) is 13.9. The molecule has 3 rings (SSSR count). The molecular formula is C21H26N4O3S. The van der Waals surface area contributed by atoms with Crippen LogP contribution in [0.2, 0.25) is 0 Å². The number of amides is 1. The maximum atomic E-state index is 12.9. The second-order valence-corrected chi connectivity index (χ2v) is 7.89. The van der Waals surface area contributed by atoms with E-state index in [0.29, 0.717) is 18.0 Å². The lowest BCUT2D eigenvalue weighted by Gasteiger charge is -2.26. The number of ether oxygens (including phenoxy) is 2. The first-order valence-corrected chi connectivity index (χ1v) is 10.2. The summed E-state index contributed by atoms with van der Waals surface area (Å²) in [7, 11) is 5.09. The van der Waals surface area contributed by atoms with Gasteiger partial charge in [-0.2, -0.15) is 5.10 Å². The van der Waals surface area contributed by atoms with E-state index in [9.17, 15) is 4.79 Å². The van der Waals surface area contributed by atoms with Crippen LogP contribution in [0.25, 0.3) is 10.6 Å². The van der Waals surface area contributed by atoms with Crippen LogP contribution < -0.4 is 9.47 Å². The van der Waals surface area contributed by atoms with E-state index in [2.05, 4.69) is 10.1 Å². The minimum atomic E-state index is 0.0491. The van der Waals surface area contributed by atoms with Crippen LogP contribution in [0.4, 0.5) is 0 Å². The van der Waals surface area contributed by atoms with Crippen molar-refractivity contribution in [3.05, 3.63) is 47.2 Å². The van der Waals surface area contributed by atoms with Gasteiger partial charge in [0.15, 0.2) is 11.5 Å². The van der Waals surface area contributed by atoms with Crippen LogP contribution in [-0.4, -0.2) is 45.8 Å². The molecule has 0 N–H and O–H groups in total. The van der Waals surface area contributed by atoms with Crippen LogP contribution in [0, 0.1) is 0 Å². The zero-order valence-electron chi connectivity index (χ0n) is 17.4. The van der Waals surface area contributed by atoms with E-state index in [-0.39, 0.29) is 18.4 Å². The molecule has 0 aliphatic carbocycles. The minimum Gasteiger partial charge on any atom is -0.493 e. The van der Waals surface area contributed by atoms with Crippen molar-refractivity contribution in [3.63, 3.8) is 0 Å². The van der Waals surface area contributed by atoms with Crippen LogP contribution in [0.5, 0.6) is 11.5 Å². The van der Waals surface area contributed by atoms with Gasteiger partial charge >= 0.3 is 0 Å². The molecular weight excluding hydrogens is 388 g/mol. The van der Waals surface area contributed by atoms with E-state index in [1.807, 2.05) is 55.6 Å². The van der Waals surface area contributed by atoms with Crippen LogP contribution >= 0.6 is 11.3 Å². The lowest BCUT2D eigenvalue weighted by Crippen LogP contribution is -2.37. The normalized spacial score (nSPS) is 11.0. The largest absolute Gasteiger partial charge is 0.493 e. The number of thiazole rings is 1. The fourth-order valence-corrected chi connectivity index (χ4v) is 3.87. The van der Waals surface area contributed by atoms with E-state index in [1.165, 1.54) is 11.3 Å². The van der Waals surface area contributed by atoms with E-state index < -0.39 is 0 Å². The maximum Gasteiger partial charge on any atom is 0.229 e. The summed E-state index contributed by atoms with van der Waals surface area (Å²) in [5, 5.41) is 6.97. The van der Waals surface area contributed by atoms with Gasteiger partial charge in [-0.3, -0.25) is 9.48 Å². The summed E-state index contributed by atoms with van der Waals surface area (Å²) in [5.41, 5.74) is 2.71. The smallest absolute Gasteiger partial charge is 0.229 e. The Morgan fingerprint density at radius 1 is 1.24 bits per heavy atom. The monoisotopic (exact) mass is 414 g/mol. The average Bonchev–Trinajstić information content (AvgIpc) is 3.34. The number of methoxy groups -OCH3 is 2. The van der Waals surface area contributed by atoms with Crippen molar-refractivity contribution in [3.8, 4) is 22.1 Å². The van der Waals surface area contributed by atoms with Gasteiger partial charge in [-0.1, -0.05) is 0 Å². The number of carbonyl (C=O) groups is 1. The van der Waals surface area contributed by atoms with Gasteiger partial charge < -0.3 is 14.4 Å². The van der Waals surface area contributed by atoms with E-state index in [0.717, 1.165) is 21.8 Å². The molecule has 8 heteroatoms. The van der Waals surface area contributed by atoms with Gasteiger partial charge in [0.05, 0.1) is 32.5 Å². The molecule has 2 heterocycles. The number of aromatic nitrogens is 3. The highest BCUT2D eigenvalue weighted by Crippen LogP contribution is 2.33. The van der Waals surface area contributed by atoms with Gasteiger partial charge in [0.2, 0.25) is 5.91 Å². The zero-order valence-corrected chi connectivity index (χ0v) is 18.2. The highest BCUT2D eigenvalue weighted by Gasteiger charge is 2.20. The number of hydrogen-bond acceptors (Lipinski definition) is 6. The van der Waals surface area contributed by atoms with Crippen molar-refractivity contribution in [2.75, 3.05) is 14.2 Å². The van der Waals surface area contributed by atoms with E-state index >= 15 is 0 Å². The molecule has 7 nitrogen and oxygen atoms in total. The lowest BCUT2D eigenvalue weighted by atomic mass is 10.2. The molecule has 0 atom stereocenters. The Bertz CT molecular complexity index is 980. The SMILES string of the molecule is COc1ccc(-c2nc(CC(=O)N(Cc3cnn(C)c3)C(C)C)cs2)cc1OC. The number of rotatable bonds is 8. The summed E-state index contributed by atoms with van der Waals surface area (Å²) in [6.45, 7) is 4.58. The van der Waals surface area contributed by atoms with Gasteiger partial charge in [0.1, 0.15) is 5.01 Å². The van der Waals surface area contributed by atoms with Crippen molar-refractivity contribution in [2.45, 2.75) is 32.9 Å². The summed E-state index contributed by atoms with van der Waals surface area (Å²) in [6, 6.07) is 5.78. The fourth-order valence-electron chi connectivity index (χ4n) is 3.06. The van der Waals surface area contributed by atoms with Gasteiger partial charge in [0, 0.05) is 42.3 Å². The third-order valence-corrected chi connectivity index (χ3v) is 5.51. The molecule has 0 saturated carbocycles. The van der Waals surface area contributed by atoms with Crippen molar-refractivity contribution >= 4 is 17.2 Å². The summed E-state index contributed by atoms with van der Waals surface area (Å²) in [4.78, 5) is 19.4. The molecule has 1 amide bonds. The molecule has 0 aliphatic heterocycles. The quantitative estimate of drug-likeness (QED) is 0.564. The molecule has 0 fully saturated rings. The van der Waals surface area contributed by atoms with Crippen molar-refractivity contribution in [2.24, 2.45) is 7.05 Å². The molecule has 0 spiro atoms. The number of carbonyl (C=O) groups excluding carboxylic acids is 1. The predicted molar refractivity (Wildman–Crippen MR) is 113 cm³/mol. The first-order valence-electron chi connectivity index (χ1n) is 9.35. The molecule has 29 heavy (non-hydrogen) atoms. The second kappa shape index (κ2) is 9.09. The molecule has 0 saturated heterocycles. The zero-order chi connectivity index (χ0) is 21.0. The summed E-state index contributed by atoms with van der Waals surface area (Å²) < 4.78 is 12.4. The Balaban J connectivity index is 1.73. The Labute approximate surface area is 174 Å². The van der Waals surface area contributed by atoms with Gasteiger partial charge in [-0.15, -0.1) is 11.3 Å². The molecule has 0 aliphatic rings. The molecule has 2 aromatic heterocycles. The summed E-state index contributed by atoms with van der Waals surface area (Å²) in [6.07, 6.45) is 3.99. The summed E-state index contributed by atoms with van der Waals surface area (Å²) in [5.74, 6) is 1.37. The number of nitrogens with zero attached hydrogens (tertiary/aromatic N) is 4. The molecule has 0 unspecified atom stereocenters. The van der Waals surface area contributed by atoms with Crippen molar-refractivity contribution in [1.29, 1.82) is 0 Å². The maximum absolute atomic E-state index is 12.9. The van der Waals surface area contributed by atoms with Gasteiger partial charge in [-0.05, 0) is 32.0 Å². The van der Waals surface area contributed by atoms with E-state index in [4.69, 9.17) is 9.47 Å². The predicted octanol–water partition coefficient (Wildman–Crippen LogP) is 3.54. The third kappa shape index (κ3) is 4.95. The minimum absolute atomic E-state index is 0.0491.